The third kappa shape index (κ3) is 4.10. The van der Waals surface area contributed by atoms with E-state index in [1.54, 1.807) is 0 Å². The number of benzene rings is 6. The molecule has 0 bridgehead atoms. The number of allylic oxidation sites excluding steroid dienone is 1. The van der Waals surface area contributed by atoms with Gasteiger partial charge in [-0.2, -0.15) is 0 Å². The Morgan fingerprint density at radius 2 is 1.36 bits per heavy atom. The lowest BCUT2D eigenvalue weighted by atomic mass is 9.90. The minimum absolute atomic E-state index is 0.0144. The zero-order chi connectivity index (χ0) is 32.8. The Balaban J connectivity index is 1.03. The van der Waals surface area contributed by atoms with E-state index in [-0.39, 0.29) is 12.0 Å². The van der Waals surface area contributed by atoms with Crippen molar-refractivity contribution in [2.24, 2.45) is 0 Å². The van der Waals surface area contributed by atoms with Crippen molar-refractivity contribution in [2.45, 2.75) is 12.0 Å². The molecule has 0 spiro atoms. The topological polar surface area (TPSA) is 51.6 Å². The highest BCUT2D eigenvalue weighted by molar-refractivity contribution is 6.18. The first kappa shape index (κ1) is 27.4. The molecule has 2 aliphatic rings. The Morgan fingerprint density at radius 1 is 0.580 bits per heavy atom. The molecule has 0 fully saturated rings. The van der Waals surface area contributed by atoms with Crippen LogP contribution in [-0.2, 0) is 0 Å². The average molecular weight is 645 g/mol. The molecule has 5 heteroatoms. The zero-order valence-corrected chi connectivity index (χ0v) is 26.8. The van der Waals surface area contributed by atoms with Gasteiger partial charge in [-0.25, -0.2) is 0 Å². The van der Waals surface area contributed by atoms with E-state index in [2.05, 4.69) is 126 Å². The quantitative estimate of drug-likeness (QED) is 0.191. The van der Waals surface area contributed by atoms with Gasteiger partial charge in [-0.3, -0.25) is 4.98 Å². The van der Waals surface area contributed by atoms with Gasteiger partial charge in [-0.1, -0.05) is 60.7 Å². The number of hydrogen-bond donors (Lipinski definition) is 0. The van der Waals surface area contributed by atoms with E-state index in [1.807, 2.05) is 36.5 Å². The van der Waals surface area contributed by atoms with Crippen molar-refractivity contribution in [3.63, 3.8) is 0 Å². The summed E-state index contributed by atoms with van der Waals surface area (Å²) < 4.78 is 18.9. The lowest BCUT2D eigenvalue weighted by Gasteiger charge is -2.30. The molecule has 1 aliphatic heterocycles. The first-order valence-corrected chi connectivity index (χ1v) is 16.9. The van der Waals surface area contributed by atoms with E-state index in [4.69, 9.17) is 18.6 Å². The third-order valence-corrected chi connectivity index (χ3v) is 10.2. The molecule has 0 saturated heterocycles. The largest absolute Gasteiger partial charge is 0.485 e. The summed E-state index contributed by atoms with van der Waals surface area (Å²) in [6.07, 6.45) is 8.53. The highest BCUT2D eigenvalue weighted by Gasteiger charge is 2.34. The summed E-state index contributed by atoms with van der Waals surface area (Å²) in [5.41, 5.74) is 11.0. The number of anilines is 2. The molecular weight excluding hydrogens is 617 g/mol. The lowest BCUT2D eigenvalue weighted by Crippen LogP contribution is -2.23. The van der Waals surface area contributed by atoms with Crippen molar-refractivity contribution in [2.75, 3.05) is 4.90 Å². The molecule has 0 N–H and O–H groups in total. The van der Waals surface area contributed by atoms with Crippen LogP contribution in [-0.4, -0.2) is 11.1 Å². The van der Waals surface area contributed by atoms with Gasteiger partial charge in [-0.15, -0.1) is 0 Å². The van der Waals surface area contributed by atoms with Gasteiger partial charge in [0, 0.05) is 62.4 Å². The summed E-state index contributed by atoms with van der Waals surface area (Å²) >= 11 is 0. The van der Waals surface area contributed by atoms with Crippen LogP contribution in [0.3, 0.4) is 0 Å². The Hall–Kier alpha value is -6.59. The molecule has 6 aromatic carbocycles. The number of pyridine rings is 1. The van der Waals surface area contributed by atoms with Gasteiger partial charge < -0.3 is 18.5 Å². The van der Waals surface area contributed by atoms with Gasteiger partial charge in [0.15, 0.2) is 0 Å². The van der Waals surface area contributed by atoms with Crippen molar-refractivity contribution >= 4 is 66.2 Å². The Kier molecular flexibility index (Phi) is 5.72. The number of para-hydroxylation sites is 2. The SMILES string of the molecule is C1=CC2Oc3ccccc3C2C=C1N(c1ccc(-c2ccc3oc4ccc5cccnc5c4c3c2)cc1)c1ccc2c(c1)oc1ccccc12. The van der Waals surface area contributed by atoms with Crippen molar-refractivity contribution in [1.29, 1.82) is 0 Å². The van der Waals surface area contributed by atoms with Gasteiger partial charge in [0.05, 0.1) is 10.9 Å². The van der Waals surface area contributed by atoms with Crippen LogP contribution in [0.25, 0.3) is 65.9 Å². The van der Waals surface area contributed by atoms with Gasteiger partial charge >= 0.3 is 0 Å². The second-order valence-corrected chi connectivity index (χ2v) is 13.1. The summed E-state index contributed by atoms with van der Waals surface area (Å²) in [6.45, 7) is 0. The van der Waals surface area contributed by atoms with Crippen LogP contribution in [0.2, 0.25) is 0 Å². The molecule has 236 valence electrons. The number of aromatic nitrogens is 1. The lowest BCUT2D eigenvalue weighted by molar-refractivity contribution is 0.268. The monoisotopic (exact) mass is 644 g/mol. The maximum Gasteiger partial charge on any atom is 0.137 e. The zero-order valence-electron chi connectivity index (χ0n) is 26.8. The van der Waals surface area contributed by atoms with Crippen LogP contribution in [0.15, 0.2) is 172 Å². The van der Waals surface area contributed by atoms with E-state index < -0.39 is 0 Å². The number of hydrogen-bond acceptors (Lipinski definition) is 5. The smallest absolute Gasteiger partial charge is 0.137 e. The van der Waals surface area contributed by atoms with Crippen LogP contribution in [0.1, 0.15) is 11.5 Å². The second-order valence-electron chi connectivity index (χ2n) is 13.1. The van der Waals surface area contributed by atoms with Crippen molar-refractivity contribution in [3.05, 3.63) is 169 Å². The van der Waals surface area contributed by atoms with Crippen molar-refractivity contribution < 1.29 is 13.6 Å². The van der Waals surface area contributed by atoms with Gasteiger partial charge in [0.2, 0.25) is 0 Å². The van der Waals surface area contributed by atoms with E-state index in [0.717, 1.165) is 88.7 Å². The number of furan rings is 2. The van der Waals surface area contributed by atoms with E-state index in [1.165, 1.54) is 5.56 Å². The van der Waals surface area contributed by atoms with E-state index in [0.29, 0.717) is 0 Å². The molecule has 0 saturated carbocycles. The van der Waals surface area contributed by atoms with E-state index >= 15 is 0 Å². The minimum atomic E-state index is -0.0144. The minimum Gasteiger partial charge on any atom is -0.485 e. The second kappa shape index (κ2) is 10.5. The summed E-state index contributed by atoms with van der Waals surface area (Å²) in [5, 5.41) is 5.45. The molecule has 9 aromatic rings. The maximum absolute atomic E-state index is 6.35. The summed E-state index contributed by atoms with van der Waals surface area (Å²) in [5.74, 6) is 1.08. The fourth-order valence-electron chi connectivity index (χ4n) is 7.87. The van der Waals surface area contributed by atoms with Crippen LogP contribution >= 0.6 is 0 Å². The molecule has 4 heterocycles. The first-order valence-electron chi connectivity index (χ1n) is 16.9. The summed E-state index contributed by atoms with van der Waals surface area (Å²) in [6, 6.07) is 46.5. The molecule has 11 rings (SSSR count). The molecule has 1 aliphatic carbocycles. The standard InChI is InChI=1S/C45H28N2O3/c1-3-9-38-33(7-1)35-19-17-32(26-43(35)50-38)47(31-18-22-40-36(25-31)34-8-2-4-10-39(34)48-40)30-15-11-27(12-16-30)29-14-20-41-37(24-29)44-42(49-41)21-13-28-6-5-23-46-45(28)44/h1-26,36,40H. The number of ether oxygens (including phenoxy) is 1. The normalized spacial score (nSPS) is 16.6. The Morgan fingerprint density at radius 3 is 2.32 bits per heavy atom. The molecule has 2 atom stereocenters. The van der Waals surface area contributed by atoms with Crippen LogP contribution in [0, 0.1) is 0 Å². The number of nitrogens with zero attached hydrogens (tertiary/aromatic N) is 2. The molecule has 5 nitrogen and oxygen atoms in total. The number of fused-ring (bicyclic) bond motifs is 11. The van der Waals surface area contributed by atoms with Crippen molar-refractivity contribution in [3.8, 4) is 16.9 Å². The van der Waals surface area contributed by atoms with E-state index in [9.17, 15) is 0 Å². The van der Waals surface area contributed by atoms with Crippen molar-refractivity contribution in [1.82, 2.24) is 4.98 Å². The first-order chi connectivity index (χ1) is 24.7. The van der Waals surface area contributed by atoms with Crippen LogP contribution < -0.4 is 9.64 Å². The molecule has 0 radical (unpaired) electrons. The molecule has 50 heavy (non-hydrogen) atoms. The maximum atomic E-state index is 6.35. The van der Waals surface area contributed by atoms with Crippen LogP contribution in [0.4, 0.5) is 11.4 Å². The number of rotatable bonds is 4. The predicted molar refractivity (Wildman–Crippen MR) is 201 cm³/mol. The van der Waals surface area contributed by atoms with Gasteiger partial charge in [-0.05, 0) is 96.1 Å². The highest BCUT2D eigenvalue weighted by atomic mass is 16.5. The summed E-state index contributed by atoms with van der Waals surface area (Å²) in [7, 11) is 0. The molecule has 2 unspecified atom stereocenters. The molecule has 0 amide bonds. The predicted octanol–water partition coefficient (Wildman–Crippen LogP) is 11.8. The fraction of sp³-hybridized carbons (Fsp3) is 0.0444. The average Bonchev–Trinajstić information content (AvgIpc) is 3.86. The van der Waals surface area contributed by atoms with Crippen LogP contribution in [0.5, 0.6) is 5.75 Å². The Bertz CT molecular complexity index is 2880. The third-order valence-electron chi connectivity index (χ3n) is 10.2. The van der Waals surface area contributed by atoms with Gasteiger partial charge in [0.25, 0.3) is 0 Å². The van der Waals surface area contributed by atoms with Gasteiger partial charge in [0.1, 0.15) is 34.2 Å². The molecule has 3 aromatic heterocycles. The fourth-order valence-corrected chi connectivity index (χ4v) is 7.87. The highest BCUT2D eigenvalue weighted by Crippen LogP contribution is 2.45. The summed E-state index contributed by atoms with van der Waals surface area (Å²) in [4.78, 5) is 7.03. The molecular formula is C45H28N2O3. The Labute approximate surface area is 286 Å².